The van der Waals surface area contributed by atoms with Crippen LogP contribution in [0.25, 0.3) is 6.08 Å². The van der Waals surface area contributed by atoms with Crippen molar-refractivity contribution in [2.45, 2.75) is 6.61 Å². The van der Waals surface area contributed by atoms with Gasteiger partial charge in [-0.05, 0) is 54.1 Å². The first-order chi connectivity index (χ1) is 14.5. The van der Waals surface area contributed by atoms with Gasteiger partial charge in [-0.25, -0.2) is 8.78 Å². The molecule has 0 spiro atoms. The quantitative estimate of drug-likeness (QED) is 0.364. The topological polar surface area (TPSA) is 62.1 Å². The molecule has 4 nitrogen and oxygen atoms in total. The number of carbonyl (C=O) groups is 1. The summed E-state index contributed by atoms with van der Waals surface area (Å²) in [5, 5.41) is 11.8. The van der Waals surface area contributed by atoms with Crippen molar-refractivity contribution in [1.29, 1.82) is 5.26 Å². The summed E-state index contributed by atoms with van der Waals surface area (Å²) in [5.74, 6) is -1.26. The Morgan fingerprint density at radius 1 is 1.10 bits per heavy atom. The molecule has 0 aromatic heterocycles. The highest BCUT2D eigenvalue weighted by Gasteiger charge is 2.13. The third kappa shape index (κ3) is 5.52. The maximum Gasteiger partial charge on any atom is 0.266 e. The van der Waals surface area contributed by atoms with E-state index in [1.165, 1.54) is 36.4 Å². The average molecular weight is 469 g/mol. The molecule has 3 aromatic rings. The second-order valence-electron chi connectivity index (χ2n) is 6.20. The lowest BCUT2D eigenvalue weighted by molar-refractivity contribution is -0.112. The number of nitriles is 1. The van der Waals surface area contributed by atoms with Crippen molar-refractivity contribution < 1.29 is 18.3 Å². The third-order valence-electron chi connectivity index (χ3n) is 4.07. The summed E-state index contributed by atoms with van der Waals surface area (Å²) < 4.78 is 33.3. The molecule has 0 saturated heterocycles. The minimum absolute atomic E-state index is 0.0225. The van der Waals surface area contributed by atoms with Crippen LogP contribution in [0.15, 0.2) is 76.8 Å². The Kier molecular flexibility index (Phi) is 6.94. The highest BCUT2D eigenvalue weighted by Crippen LogP contribution is 2.27. The fourth-order valence-electron chi connectivity index (χ4n) is 2.56. The van der Waals surface area contributed by atoms with E-state index >= 15 is 0 Å². The monoisotopic (exact) mass is 468 g/mol. The number of nitrogens with one attached hydrogen (secondary N) is 1. The average Bonchev–Trinajstić information content (AvgIpc) is 2.74. The van der Waals surface area contributed by atoms with E-state index in [2.05, 4.69) is 21.2 Å². The van der Waals surface area contributed by atoms with Gasteiger partial charge in [-0.3, -0.25) is 4.79 Å². The summed E-state index contributed by atoms with van der Waals surface area (Å²) in [7, 11) is 0. The molecule has 1 N–H and O–H groups in total. The number of hydrogen-bond donors (Lipinski definition) is 1. The molecule has 0 aliphatic heterocycles. The van der Waals surface area contributed by atoms with Gasteiger partial charge < -0.3 is 10.1 Å². The fourth-order valence-corrected chi connectivity index (χ4v) is 2.94. The molecule has 7 heteroatoms. The van der Waals surface area contributed by atoms with Gasteiger partial charge in [0, 0.05) is 10.0 Å². The van der Waals surface area contributed by atoms with Crippen LogP contribution >= 0.6 is 15.9 Å². The lowest BCUT2D eigenvalue weighted by Crippen LogP contribution is -2.14. The van der Waals surface area contributed by atoms with E-state index in [1.54, 1.807) is 36.4 Å². The standard InChI is InChI=1S/C23H15BrF2N2O2/c24-18-7-10-22(30-14-15-5-8-19(25)9-6-15)16(12-18)11-17(13-27)23(29)28-21-4-2-1-3-20(21)26/h1-12H,14H2,(H,28,29)/b17-11-. The number of amides is 1. The largest absolute Gasteiger partial charge is 0.488 e. The van der Waals surface area contributed by atoms with E-state index in [1.807, 2.05) is 6.07 Å². The second-order valence-corrected chi connectivity index (χ2v) is 7.12. The lowest BCUT2D eigenvalue weighted by Gasteiger charge is -2.11. The summed E-state index contributed by atoms with van der Waals surface area (Å²) in [4.78, 5) is 12.5. The van der Waals surface area contributed by atoms with E-state index in [0.29, 0.717) is 11.3 Å². The third-order valence-corrected chi connectivity index (χ3v) is 4.56. The summed E-state index contributed by atoms with van der Waals surface area (Å²) in [6, 6.07) is 18.5. The zero-order valence-corrected chi connectivity index (χ0v) is 17.1. The van der Waals surface area contributed by atoms with Crippen LogP contribution in [0.2, 0.25) is 0 Å². The van der Waals surface area contributed by atoms with Gasteiger partial charge in [-0.1, -0.05) is 40.2 Å². The highest BCUT2D eigenvalue weighted by atomic mass is 79.9. The minimum Gasteiger partial charge on any atom is -0.488 e. The molecular formula is C23H15BrF2N2O2. The number of rotatable bonds is 6. The van der Waals surface area contributed by atoms with Gasteiger partial charge in [0.1, 0.15) is 35.6 Å². The van der Waals surface area contributed by atoms with E-state index in [4.69, 9.17) is 4.74 Å². The van der Waals surface area contributed by atoms with Crippen molar-refractivity contribution in [3.63, 3.8) is 0 Å². The van der Waals surface area contributed by atoms with Crippen LogP contribution in [0, 0.1) is 23.0 Å². The predicted octanol–water partition coefficient (Wildman–Crippen LogP) is 5.85. The Morgan fingerprint density at radius 2 is 1.83 bits per heavy atom. The van der Waals surface area contributed by atoms with Crippen LogP contribution in [0.5, 0.6) is 5.75 Å². The zero-order valence-electron chi connectivity index (χ0n) is 15.5. The molecule has 30 heavy (non-hydrogen) atoms. The molecule has 0 bridgehead atoms. The van der Waals surface area contributed by atoms with Gasteiger partial charge in [-0.2, -0.15) is 5.26 Å². The predicted molar refractivity (Wildman–Crippen MR) is 113 cm³/mol. The van der Waals surface area contributed by atoms with E-state index in [0.717, 1.165) is 10.0 Å². The Balaban J connectivity index is 1.83. The van der Waals surface area contributed by atoms with Crippen LogP contribution in [0.1, 0.15) is 11.1 Å². The molecular weight excluding hydrogens is 454 g/mol. The van der Waals surface area contributed by atoms with Crippen LogP contribution in [-0.2, 0) is 11.4 Å². The van der Waals surface area contributed by atoms with Gasteiger partial charge in [0.05, 0.1) is 5.69 Å². The summed E-state index contributed by atoms with van der Waals surface area (Å²) in [6.45, 7) is 0.173. The number of anilines is 1. The van der Waals surface area contributed by atoms with Crippen LogP contribution in [0.3, 0.4) is 0 Å². The van der Waals surface area contributed by atoms with E-state index in [-0.39, 0.29) is 23.7 Å². The molecule has 0 fully saturated rings. The maximum atomic E-state index is 13.8. The number of hydrogen-bond acceptors (Lipinski definition) is 3. The molecule has 0 aliphatic rings. The first-order valence-corrected chi connectivity index (χ1v) is 9.60. The Morgan fingerprint density at radius 3 is 2.53 bits per heavy atom. The fraction of sp³-hybridized carbons (Fsp3) is 0.0435. The van der Waals surface area contributed by atoms with Gasteiger partial charge in [-0.15, -0.1) is 0 Å². The first-order valence-electron chi connectivity index (χ1n) is 8.81. The lowest BCUT2D eigenvalue weighted by atomic mass is 10.1. The van der Waals surface area contributed by atoms with Crippen LogP contribution in [-0.4, -0.2) is 5.91 Å². The molecule has 0 atom stereocenters. The Hall–Kier alpha value is -3.50. The molecule has 0 radical (unpaired) electrons. The molecule has 1 amide bonds. The molecule has 3 aromatic carbocycles. The van der Waals surface area contributed by atoms with Crippen molar-refractivity contribution in [1.82, 2.24) is 0 Å². The number of benzene rings is 3. The van der Waals surface area contributed by atoms with Gasteiger partial charge in [0.25, 0.3) is 5.91 Å². The molecule has 3 rings (SSSR count). The van der Waals surface area contributed by atoms with Gasteiger partial charge in [0.2, 0.25) is 0 Å². The molecule has 0 heterocycles. The summed E-state index contributed by atoms with van der Waals surface area (Å²) in [5.41, 5.74) is 0.993. The number of ether oxygens (including phenoxy) is 1. The normalized spacial score (nSPS) is 10.9. The Labute approximate surface area is 180 Å². The Bertz CT molecular complexity index is 1140. The van der Waals surface area contributed by atoms with E-state index < -0.39 is 11.7 Å². The zero-order chi connectivity index (χ0) is 21.5. The van der Waals surface area contributed by atoms with Crippen molar-refractivity contribution in [3.8, 4) is 11.8 Å². The highest BCUT2D eigenvalue weighted by molar-refractivity contribution is 9.10. The summed E-state index contributed by atoms with van der Waals surface area (Å²) in [6.07, 6.45) is 1.36. The van der Waals surface area contributed by atoms with Crippen molar-refractivity contribution in [3.05, 3.63) is 99.5 Å². The smallest absolute Gasteiger partial charge is 0.266 e. The summed E-state index contributed by atoms with van der Waals surface area (Å²) >= 11 is 3.35. The first kappa shape index (κ1) is 21.2. The molecule has 0 aliphatic carbocycles. The SMILES string of the molecule is N#C/C(=C/c1cc(Br)ccc1OCc1ccc(F)cc1)C(=O)Nc1ccccc1F. The minimum atomic E-state index is -0.743. The van der Waals surface area contributed by atoms with Crippen LogP contribution < -0.4 is 10.1 Å². The molecule has 0 saturated carbocycles. The van der Waals surface area contributed by atoms with E-state index in [9.17, 15) is 18.8 Å². The number of nitrogens with zero attached hydrogens (tertiary/aromatic N) is 1. The van der Waals surface area contributed by atoms with Crippen molar-refractivity contribution >= 4 is 33.6 Å². The number of halogens is 3. The van der Waals surface area contributed by atoms with Crippen LogP contribution in [0.4, 0.5) is 14.5 Å². The van der Waals surface area contributed by atoms with Crippen molar-refractivity contribution in [2.75, 3.05) is 5.32 Å². The molecule has 0 unspecified atom stereocenters. The van der Waals surface area contributed by atoms with Crippen molar-refractivity contribution in [2.24, 2.45) is 0 Å². The molecule has 150 valence electrons. The number of para-hydroxylation sites is 1. The van der Waals surface area contributed by atoms with Gasteiger partial charge in [0.15, 0.2) is 0 Å². The maximum absolute atomic E-state index is 13.8. The number of carbonyl (C=O) groups excluding carboxylic acids is 1. The van der Waals surface area contributed by atoms with Gasteiger partial charge >= 0.3 is 0 Å². The second kappa shape index (κ2) is 9.81.